The summed E-state index contributed by atoms with van der Waals surface area (Å²) in [6.45, 7) is 2.98. The maximum absolute atomic E-state index is 5.84. The van der Waals surface area contributed by atoms with Crippen LogP contribution in [0.3, 0.4) is 0 Å². The number of ether oxygens (including phenoxy) is 2. The summed E-state index contributed by atoms with van der Waals surface area (Å²) in [4.78, 5) is 0. The van der Waals surface area contributed by atoms with Crippen LogP contribution in [0.15, 0.2) is 24.3 Å². The van der Waals surface area contributed by atoms with Gasteiger partial charge in [0.15, 0.2) is 0 Å². The molecule has 0 aliphatic carbocycles. The van der Waals surface area contributed by atoms with Crippen LogP contribution in [0.1, 0.15) is 12.0 Å². The lowest BCUT2D eigenvalue weighted by Crippen LogP contribution is -2.11. The van der Waals surface area contributed by atoms with E-state index in [4.69, 9.17) is 21.1 Å². The molecule has 3 nitrogen and oxygen atoms in total. The largest absolute Gasteiger partial charge is 0.385 e. The van der Waals surface area contributed by atoms with Crippen molar-refractivity contribution >= 4 is 17.3 Å². The lowest BCUT2D eigenvalue weighted by Gasteiger charge is -2.10. The fraction of sp³-hybridized carbons (Fsp3) is 0.538. The van der Waals surface area contributed by atoms with E-state index in [0.717, 1.165) is 37.4 Å². The van der Waals surface area contributed by atoms with Gasteiger partial charge in [-0.1, -0.05) is 18.2 Å². The Morgan fingerprint density at radius 3 is 2.76 bits per heavy atom. The zero-order valence-electron chi connectivity index (χ0n) is 10.2. The minimum Gasteiger partial charge on any atom is -0.385 e. The van der Waals surface area contributed by atoms with E-state index in [-0.39, 0.29) is 0 Å². The van der Waals surface area contributed by atoms with Gasteiger partial charge in [-0.15, -0.1) is 11.6 Å². The van der Waals surface area contributed by atoms with Crippen LogP contribution in [-0.2, 0) is 15.4 Å². The van der Waals surface area contributed by atoms with Crippen LogP contribution in [0.4, 0.5) is 5.69 Å². The summed E-state index contributed by atoms with van der Waals surface area (Å²) < 4.78 is 10.4. The summed E-state index contributed by atoms with van der Waals surface area (Å²) in [6, 6.07) is 8.04. The van der Waals surface area contributed by atoms with Crippen LogP contribution >= 0.6 is 11.6 Å². The van der Waals surface area contributed by atoms with Crippen molar-refractivity contribution in [2.75, 3.05) is 38.8 Å². The van der Waals surface area contributed by atoms with Gasteiger partial charge in [-0.2, -0.15) is 0 Å². The summed E-state index contributed by atoms with van der Waals surface area (Å²) >= 11 is 5.84. The highest BCUT2D eigenvalue weighted by Crippen LogP contribution is 2.16. The third-order valence-electron chi connectivity index (χ3n) is 2.36. The quantitative estimate of drug-likeness (QED) is 0.545. The molecule has 0 atom stereocenters. The van der Waals surface area contributed by atoms with Crippen LogP contribution in [0.25, 0.3) is 0 Å². The zero-order chi connectivity index (χ0) is 12.3. The molecule has 0 saturated carbocycles. The molecule has 4 heteroatoms. The van der Waals surface area contributed by atoms with E-state index in [1.807, 2.05) is 24.3 Å². The number of para-hydroxylation sites is 1. The van der Waals surface area contributed by atoms with E-state index < -0.39 is 0 Å². The Hall–Kier alpha value is -0.770. The molecule has 0 saturated heterocycles. The molecule has 0 aliphatic heterocycles. The van der Waals surface area contributed by atoms with E-state index >= 15 is 0 Å². The number of hydrogen-bond acceptors (Lipinski definition) is 3. The van der Waals surface area contributed by atoms with Crippen LogP contribution in [0.2, 0.25) is 0 Å². The average Bonchev–Trinajstić information content (AvgIpc) is 2.38. The second kappa shape index (κ2) is 9.28. The Morgan fingerprint density at radius 1 is 1.18 bits per heavy atom. The van der Waals surface area contributed by atoms with Gasteiger partial charge in [0.2, 0.25) is 0 Å². The number of rotatable bonds is 9. The smallest absolute Gasteiger partial charge is 0.0639 e. The third kappa shape index (κ3) is 5.91. The molecule has 0 unspecified atom stereocenters. The van der Waals surface area contributed by atoms with Gasteiger partial charge in [-0.25, -0.2) is 0 Å². The maximum Gasteiger partial charge on any atom is 0.0639 e. The summed E-state index contributed by atoms with van der Waals surface area (Å²) in [7, 11) is 1.70. The predicted molar refractivity (Wildman–Crippen MR) is 71.8 cm³/mol. The lowest BCUT2D eigenvalue weighted by atomic mass is 10.2. The van der Waals surface area contributed by atoms with Gasteiger partial charge in [0.25, 0.3) is 0 Å². The van der Waals surface area contributed by atoms with Crippen LogP contribution in [0.5, 0.6) is 0 Å². The molecular weight excluding hydrogens is 238 g/mol. The first-order valence-corrected chi connectivity index (χ1v) is 6.36. The highest BCUT2D eigenvalue weighted by molar-refractivity contribution is 6.17. The van der Waals surface area contributed by atoms with Gasteiger partial charge in [0.1, 0.15) is 0 Å². The molecule has 1 aromatic rings. The standard InChI is InChI=1S/C13H20ClNO2/c1-16-8-4-9-17-10-7-15-13-6-3-2-5-12(13)11-14/h2-3,5-6,15H,4,7-11H2,1H3. The van der Waals surface area contributed by atoms with Gasteiger partial charge < -0.3 is 14.8 Å². The number of halogens is 1. The van der Waals surface area contributed by atoms with E-state index in [1.54, 1.807) is 7.11 Å². The topological polar surface area (TPSA) is 30.5 Å². The van der Waals surface area contributed by atoms with Crippen molar-refractivity contribution in [2.45, 2.75) is 12.3 Å². The van der Waals surface area contributed by atoms with Crippen molar-refractivity contribution in [3.63, 3.8) is 0 Å². The van der Waals surface area contributed by atoms with E-state index in [2.05, 4.69) is 5.32 Å². The minimum atomic E-state index is 0.526. The summed E-state index contributed by atoms with van der Waals surface area (Å²) in [6.07, 6.45) is 0.939. The molecule has 0 fully saturated rings. The molecule has 1 rings (SSSR count). The Balaban J connectivity index is 2.13. The molecule has 0 aromatic heterocycles. The zero-order valence-corrected chi connectivity index (χ0v) is 11.0. The van der Waals surface area contributed by atoms with Crippen molar-refractivity contribution in [3.05, 3.63) is 29.8 Å². The van der Waals surface area contributed by atoms with E-state index in [1.165, 1.54) is 0 Å². The first kappa shape index (κ1) is 14.3. The molecule has 0 bridgehead atoms. The molecular formula is C13H20ClNO2. The second-order valence-corrected chi connectivity index (χ2v) is 3.94. The number of anilines is 1. The van der Waals surface area contributed by atoms with Crippen LogP contribution < -0.4 is 5.32 Å². The van der Waals surface area contributed by atoms with Crippen LogP contribution in [-0.4, -0.2) is 33.5 Å². The predicted octanol–water partition coefficient (Wildman–Crippen LogP) is 2.89. The Morgan fingerprint density at radius 2 is 2.00 bits per heavy atom. The SMILES string of the molecule is COCCCOCCNc1ccccc1CCl. The molecule has 96 valence electrons. The van der Waals surface area contributed by atoms with Gasteiger partial charge in [-0.05, 0) is 18.1 Å². The highest BCUT2D eigenvalue weighted by Gasteiger charge is 1.98. The van der Waals surface area contributed by atoms with Gasteiger partial charge in [0, 0.05) is 38.4 Å². The molecule has 0 amide bonds. The summed E-state index contributed by atoms with van der Waals surface area (Å²) in [5.41, 5.74) is 2.21. The van der Waals surface area contributed by atoms with Gasteiger partial charge in [-0.3, -0.25) is 0 Å². The molecule has 0 heterocycles. The van der Waals surface area contributed by atoms with Crippen molar-refractivity contribution < 1.29 is 9.47 Å². The van der Waals surface area contributed by atoms with Crippen molar-refractivity contribution in [2.24, 2.45) is 0 Å². The number of benzene rings is 1. The fourth-order valence-electron chi connectivity index (χ4n) is 1.47. The normalized spacial score (nSPS) is 10.5. The fourth-order valence-corrected chi connectivity index (χ4v) is 1.71. The monoisotopic (exact) mass is 257 g/mol. The number of alkyl halides is 1. The first-order valence-electron chi connectivity index (χ1n) is 5.83. The van der Waals surface area contributed by atoms with Crippen molar-refractivity contribution in [1.29, 1.82) is 0 Å². The summed E-state index contributed by atoms with van der Waals surface area (Å²) in [5, 5.41) is 3.31. The average molecular weight is 258 g/mol. The van der Waals surface area contributed by atoms with Gasteiger partial charge >= 0.3 is 0 Å². The number of methoxy groups -OCH3 is 1. The molecule has 0 radical (unpaired) electrons. The summed E-state index contributed by atoms with van der Waals surface area (Å²) in [5.74, 6) is 0.526. The Bertz CT molecular complexity index is 307. The molecule has 1 aromatic carbocycles. The third-order valence-corrected chi connectivity index (χ3v) is 2.65. The molecule has 1 N–H and O–H groups in total. The van der Waals surface area contributed by atoms with Crippen molar-refractivity contribution in [3.8, 4) is 0 Å². The van der Waals surface area contributed by atoms with Gasteiger partial charge in [0.05, 0.1) is 6.61 Å². The second-order valence-electron chi connectivity index (χ2n) is 3.68. The number of nitrogens with one attached hydrogen (secondary N) is 1. The lowest BCUT2D eigenvalue weighted by molar-refractivity contribution is 0.109. The molecule has 0 spiro atoms. The Labute approximate surface area is 108 Å². The van der Waals surface area contributed by atoms with Crippen molar-refractivity contribution in [1.82, 2.24) is 0 Å². The first-order chi connectivity index (χ1) is 8.38. The molecule has 0 aliphatic rings. The van der Waals surface area contributed by atoms with E-state index in [0.29, 0.717) is 12.5 Å². The number of hydrogen-bond donors (Lipinski definition) is 1. The molecule has 17 heavy (non-hydrogen) atoms. The van der Waals surface area contributed by atoms with E-state index in [9.17, 15) is 0 Å². The Kier molecular flexibility index (Phi) is 7.80. The highest BCUT2D eigenvalue weighted by atomic mass is 35.5. The van der Waals surface area contributed by atoms with Crippen LogP contribution in [0, 0.1) is 0 Å². The maximum atomic E-state index is 5.84. The minimum absolute atomic E-state index is 0.526.